The molecule has 0 aliphatic rings. The standard InChI is InChI=1S/C19H41NO2/c1-9-11-12-14-21-18(5,6)13-15-22-19(7,10-2)16-17(3,4)20-8/h20H,9-16H2,1-8H3. The second-order valence-electron chi connectivity index (χ2n) is 8.03. The van der Waals surface area contributed by atoms with Gasteiger partial charge in [-0.25, -0.2) is 0 Å². The van der Waals surface area contributed by atoms with Gasteiger partial charge >= 0.3 is 0 Å². The fraction of sp³-hybridized carbons (Fsp3) is 1.00. The maximum absolute atomic E-state index is 6.26. The van der Waals surface area contributed by atoms with Gasteiger partial charge in [0.2, 0.25) is 0 Å². The number of hydrogen-bond donors (Lipinski definition) is 1. The summed E-state index contributed by atoms with van der Waals surface area (Å²) in [5.74, 6) is 0. The van der Waals surface area contributed by atoms with Gasteiger partial charge in [0.05, 0.1) is 17.8 Å². The largest absolute Gasteiger partial charge is 0.375 e. The molecule has 1 atom stereocenters. The van der Waals surface area contributed by atoms with Crippen LogP contribution in [0.5, 0.6) is 0 Å². The highest BCUT2D eigenvalue weighted by molar-refractivity contribution is 4.87. The van der Waals surface area contributed by atoms with Gasteiger partial charge in [0.25, 0.3) is 0 Å². The third kappa shape index (κ3) is 9.81. The molecule has 22 heavy (non-hydrogen) atoms. The van der Waals surface area contributed by atoms with Crippen LogP contribution in [-0.4, -0.2) is 37.0 Å². The van der Waals surface area contributed by atoms with Crippen molar-refractivity contribution >= 4 is 0 Å². The van der Waals surface area contributed by atoms with Crippen molar-refractivity contribution in [3.05, 3.63) is 0 Å². The van der Waals surface area contributed by atoms with E-state index in [2.05, 4.69) is 53.8 Å². The number of rotatable bonds is 13. The van der Waals surface area contributed by atoms with Gasteiger partial charge in [-0.15, -0.1) is 0 Å². The summed E-state index contributed by atoms with van der Waals surface area (Å²) in [6, 6.07) is 0. The van der Waals surface area contributed by atoms with Crippen molar-refractivity contribution in [3.8, 4) is 0 Å². The predicted molar refractivity (Wildman–Crippen MR) is 96.6 cm³/mol. The van der Waals surface area contributed by atoms with E-state index >= 15 is 0 Å². The topological polar surface area (TPSA) is 30.5 Å². The fourth-order valence-corrected chi connectivity index (χ4v) is 2.62. The van der Waals surface area contributed by atoms with Gasteiger partial charge in [-0.05, 0) is 67.3 Å². The first-order chi connectivity index (χ1) is 10.1. The number of nitrogens with one attached hydrogen (secondary N) is 1. The number of hydrogen-bond acceptors (Lipinski definition) is 3. The summed E-state index contributed by atoms with van der Waals surface area (Å²) in [6.45, 7) is 17.1. The van der Waals surface area contributed by atoms with Gasteiger partial charge < -0.3 is 14.8 Å². The molecular formula is C19H41NO2. The molecule has 0 rings (SSSR count). The lowest BCUT2D eigenvalue weighted by Crippen LogP contribution is -2.45. The number of unbranched alkanes of at least 4 members (excludes halogenated alkanes) is 2. The van der Waals surface area contributed by atoms with Crippen LogP contribution in [0.25, 0.3) is 0 Å². The molecule has 3 heteroatoms. The van der Waals surface area contributed by atoms with Crippen molar-refractivity contribution < 1.29 is 9.47 Å². The Labute approximate surface area is 139 Å². The molecule has 0 saturated heterocycles. The zero-order chi connectivity index (χ0) is 17.3. The minimum absolute atomic E-state index is 0.0786. The van der Waals surface area contributed by atoms with Crippen LogP contribution in [0, 0.1) is 0 Å². The lowest BCUT2D eigenvalue weighted by molar-refractivity contribution is -0.0893. The summed E-state index contributed by atoms with van der Waals surface area (Å²) in [5, 5.41) is 3.37. The molecule has 0 aliphatic heterocycles. The SMILES string of the molecule is CCCCCOC(C)(C)CCOC(C)(CC)CC(C)(C)NC. The first-order valence-corrected chi connectivity index (χ1v) is 9.06. The van der Waals surface area contributed by atoms with Crippen molar-refractivity contribution in [2.45, 2.75) is 104 Å². The highest BCUT2D eigenvalue weighted by Gasteiger charge is 2.31. The highest BCUT2D eigenvalue weighted by atomic mass is 16.5. The quantitative estimate of drug-likeness (QED) is 0.489. The second kappa shape index (κ2) is 9.89. The smallest absolute Gasteiger partial charge is 0.0669 e. The first kappa shape index (κ1) is 21.9. The summed E-state index contributed by atoms with van der Waals surface area (Å²) in [7, 11) is 2.02. The molecule has 0 aliphatic carbocycles. The van der Waals surface area contributed by atoms with Crippen LogP contribution >= 0.6 is 0 Å². The molecule has 0 fully saturated rings. The van der Waals surface area contributed by atoms with Gasteiger partial charge in [-0.1, -0.05) is 26.7 Å². The molecule has 0 aromatic carbocycles. The van der Waals surface area contributed by atoms with E-state index in [1.54, 1.807) is 0 Å². The summed E-state index contributed by atoms with van der Waals surface area (Å²) < 4.78 is 12.3. The van der Waals surface area contributed by atoms with Crippen molar-refractivity contribution in [1.82, 2.24) is 5.32 Å². The maximum Gasteiger partial charge on any atom is 0.0669 e. The molecule has 0 bridgehead atoms. The van der Waals surface area contributed by atoms with Crippen LogP contribution in [0.2, 0.25) is 0 Å². The Morgan fingerprint density at radius 3 is 2.00 bits per heavy atom. The molecule has 0 radical (unpaired) electrons. The monoisotopic (exact) mass is 315 g/mol. The van der Waals surface area contributed by atoms with Crippen molar-refractivity contribution in [2.75, 3.05) is 20.3 Å². The molecule has 0 spiro atoms. The zero-order valence-corrected chi connectivity index (χ0v) is 16.5. The van der Waals surface area contributed by atoms with Crippen LogP contribution in [0.1, 0.15) is 87.0 Å². The van der Waals surface area contributed by atoms with E-state index in [-0.39, 0.29) is 16.7 Å². The van der Waals surface area contributed by atoms with E-state index in [0.717, 1.165) is 38.9 Å². The molecule has 1 N–H and O–H groups in total. The van der Waals surface area contributed by atoms with Gasteiger partial charge in [0.1, 0.15) is 0 Å². The van der Waals surface area contributed by atoms with Crippen molar-refractivity contribution in [3.63, 3.8) is 0 Å². The summed E-state index contributed by atoms with van der Waals surface area (Å²) in [6.07, 6.45) is 6.61. The van der Waals surface area contributed by atoms with E-state index in [1.807, 2.05) is 7.05 Å². The average Bonchev–Trinajstić information content (AvgIpc) is 2.43. The molecule has 0 aromatic heterocycles. The van der Waals surface area contributed by atoms with Gasteiger partial charge in [0, 0.05) is 12.1 Å². The third-order valence-corrected chi connectivity index (χ3v) is 4.64. The summed E-state index contributed by atoms with van der Waals surface area (Å²) >= 11 is 0. The van der Waals surface area contributed by atoms with Gasteiger partial charge in [-0.2, -0.15) is 0 Å². The first-order valence-electron chi connectivity index (χ1n) is 9.06. The zero-order valence-electron chi connectivity index (χ0n) is 16.5. The van der Waals surface area contributed by atoms with Gasteiger partial charge in [0.15, 0.2) is 0 Å². The predicted octanol–water partition coefficient (Wildman–Crippen LogP) is 4.94. The molecular weight excluding hydrogens is 274 g/mol. The molecule has 0 aromatic rings. The van der Waals surface area contributed by atoms with E-state index in [9.17, 15) is 0 Å². The van der Waals surface area contributed by atoms with Crippen LogP contribution in [0.15, 0.2) is 0 Å². The van der Waals surface area contributed by atoms with Gasteiger partial charge in [-0.3, -0.25) is 0 Å². The Bertz CT molecular complexity index is 289. The molecule has 1 unspecified atom stereocenters. The minimum atomic E-state index is -0.0963. The highest BCUT2D eigenvalue weighted by Crippen LogP contribution is 2.28. The molecule has 0 saturated carbocycles. The lowest BCUT2D eigenvalue weighted by atomic mass is 9.86. The van der Waals surface area contributed by atoms with E-state index in [1.165, 1.54) is 12.8 Å². The second-order valence-corrected chi connectivity index (χ2v) is 8.03. The molecule has 0 amide bonds. The Morgan fingerprint density at radius 2 is 1.50 bits per heavy atom. The summed E-state index contributed by atoms with van der Waals surface area (Å²) in [5.41, 5.74) is -0.0807. The van der Waals surface area contributed by atoms with Crippen LogP contribution in [0.4, 0.5) is 0 Å². The Balaban J connectivity index is 4.22. The minimum Gasteiger partial charge on any atom is -0.375 e. The van der Waals surface area contributed by atoms with Crippen molar-refractivity contribution in [2.24, 2.45) is 0 Å². The van der Waals surface area contributed by atoms with Crippen LogP contribution in [-0.2, 0) is 9.47 Å². The Kier molecular flexibility index (Phi) is 9.84. The molecule has 0 heterocycles. The van der Waals surface area contributed by atoms with Crippen LogP contribution in [0.3, 0.4) is 0 Å². The molecule has 134 valence electrons. The van der Waals surface area contributed by atoms with E-state index in [0.29, 0.717) is 0 Å². The Morgan fingerprint density at radius 1 is 0.864 bits per heavy atom. The van der Waals surface area contributed by atoms with E-state index in [4.69, 9.17) is 9.47 Å². The normalized spacial score (nSPS) is 15.8. The summed E-state index contributed by atoms with van der Waals surface area (Å²) in [4.78, 5) is 0. The third-order valence-electron chi connectivity index (χ3n) is 4.64. The Hall–Kier alpha value is -0.120. The van der Waals surface area contributed by atoms with Crippen LogP contribution < -0.4 is 5.32 Å². The fourth-order valence-electron chi connectivity index (χ4n) is 2.62. The number of ether oxygens (including phenoxy) is 2. The lowest BCUT2D eigenvalue weighted by Gasteiger charge is -2.38. The van der Waals surface area contributed by atoms with Crippen molar-refractivity contribution in [1.29, 1.82) is 0 Å². The molecule has 3 nitrogen and oxygen atoms in total. The van der Waals surface area contributed by atoms with E-state index < -0.39 is 0 Å². The maximum atomic E-state index is 6.26. The average molecular weight is 316 g/mol.